The Kier molecular flexibility index (Phi) is 5.42. The zero-order chi connectivity index (χ0) is 17.5. The van der Waals surface area contributed by atoms with Crippen molar-refractivity contribution in [2.24, 2.45) is 0 Å². The number of benzene rings is 3. The van der Waals surface area contributed by atoms with Crippen LogP contribution in [0.15, 0.2) is 78.9 Å². The molecule has 0 saturated heterocycles. The Hall–Kier alpha value is -3.14. The van der Waals surface area contributed by atoms with Gasteiger partial charge in [-0.05, 0) is 47.5 Å². The second-order valence-corrected chi connectivity index (χ2v) is 5.52. The van der Waals surface area contributed by atoms with E-state index < -0.39 is 5.97 Å². The van der Waals surface area contributed by atoms with Gasteiger partial charge in [-0.25, -0.2) is 4.39 Å². The van der Waals surface area contributed by atoms with Crippen molar-refractivity contribution < 1.29 is 18.7 Å². The van der Waals surface area contributed by atoms with E-state index in [9.17, 15) is 9.18 Å². The fraction of sp³-hybridized carbons (Fsp3) is 0.0952. The second-order valence-electron chi connectivity index (χ2n) is 5.52. The quantitative estimate of drug-likeness (QED) is 0.489. The summed E-state index contributed by atoms with van der Waals surface area (Å²) in [6.07, 6.45) is 0.0898. The molecule has 3 aromatic carbocycles. The number of hydrogen-bond acceptors (Lipinski definition) is 3. The van der Waals surface area contributed by atoms with Crippen molar-refractivity contribution >= 4 is 5.97 Å². The summed E-state index contributed by atoms with van der Waals surface area (Å²) in [5.74, 6) is 0.411. The third-order valence-electron chi connectivity index (χ3n) is 3.57. The fourth-order valence-electron chi connectivity index (χ4n) is 2.28. The van der Waals surface area contributed by atoms with Crippen molar-refractivity contribution in [2.75, 3.05) is 0 Å². The summed E-state index contributed by atoms with van der Waals surface area (Å²) in [5.41, 5.74) is 1.78. The standard InChI is InChI=1S/C21H17FO3/c22-18-8-6-16(7-9-18)14-21(23)25-20-12-10-19(11-13-20)24-15-17-4-2-1-3-5-17/h1-13H,14-15H2. The first-order valence-corrected chi connectivity index (χ1v) is 7.91. The molecule has 25 heavy (non-hydrogen) atoms. The SMILES string of the molecule is O=C(Cc1ccc(F)cc1)Oc1ccc(OCc2ccccc2)cc1. The molecule has 0 spiro atoms. The summed E-state index contributed by atoms with van der Waals surface area (Å²) in [6.45, 7) is 0.477. The highest BCUT2D eigenvalue weighted by Gasteiger charge is 2.07. The number of halogens is 1. The molecule has 0 aliphatic rings. The maximum atomic E-state index is 12.9. The van der Waals surface area contributed by atoms with Crippen LogP contribution in [0.4, 0.5) is 4.39 Å². The minimum absolute atomic E-state index is 0.0898. The largest absolute Gasteiger partial charge is 0.489 e. The Balaban J connectivity index is 1.51. The molecule has 0 amide bonds. The minimum atomic E-state index is -0.399. The van der Waals surface area contributed by atoms with Crippen LogP contribution < -0.4 is 9.47 Å². The summed E-state index contributed by atoms with van der Waals surface area (Å²) in [7, 11) is 0. The monoisotopic (exact) mass is 336 g/mol. The Labute approximate surface area is 145 Å². The maximum Gasteiger partial charge on any atom is 0.315 e. The van der Waals surface area contributed by atoms with Gasteiger partial charge in [0.15, 0.2) is 0 Å². The van der Waals surface area contributed by atoms with E-state index in [2.05, 4.69) is 0 Å². The van der Waals surface area contributed by atoms with Gasteiger partial charge in [0, 0.05) is 0 Å². The number of rotatable bonds is 6. The van der Waals surface area contributed by atoms with E-state index in [1.165, 1.54) is 12.1 Å². The molecule has 0 fully saturated rings. The zero-order valence-electron chi connectivity index (χ0n) is 13.5. The number of carbonyl (C=O) groups is 1. The molecule has 0 atom stereocenters. The molecule has 3 aromatic rings. The lowest BCUT2D eigenvalue weighted by molar-refractivity contribution is -0.133. The number of hydrogen-bond donors (Lipinski definition) is 0. The smallest absolute Gasteiger partial charge is 0.315 e. The van der Waals surface area contributed by atoms with Gasteiger partial charge in [0.05, 0.1) is 6.42 Å². The highest BCUT2D eigenvalue weighted by atomic mass is 19.1. The van der Waals surface area contributed by atoms with Gasteiger partial charge in [-0.3, -0.25) is 4.79 Å². The average Bonchev–Trinajstić information content (AvgIpc) is 2.64. The lowest BCUT2D eigenvalue weighted by atomic mass is 10.1. The van der Waals surface area contributed by atoms with Gasteiger partial charge in [-0.1, -0.05) is 42.5 Å². The van der Waals surface area contributed by atoms with Crippen molar-refractivity contribution in [1.29, 1.82) is 0 Å². The first-order valence-electron chi connectivity index (χ1n) is 7.91. The van der Waals surface area contributed by atoms with Crippen LogP contribution in [0.3, 0.4) is 0 Å². The molecule has 0 aliphatic carbocycles. The fourth-order valence-corrected chi connectivity index (χ4v) is 2.28. The van der Waals surface area contributed by atoms with Crippen LogP contribution in [0.5, 0.6) is 11.5 Å². The third-order valence-corrected chi connectivity index (χ3v) is 3.57. The van der Waals surface area contributed by atoms with Gasteiger partial charge < -0.3 is 9.47 Å². The van der Waals surface area contributed by atoms with Gasteiger partial charge in [0.2, 0.25) is 0 Å². The molecule has 0 bridgehead atoms. The first-order chi connectivity index (χ1) is 12.2. The molecule has 0 saturated carbocycles. The number of esters is 1. The summed E-state index contributed by atoms with van der Waals surface area (Å²) >= 11 is 0. The molecule has 126 valence electrons. The van der Waals surface area contributed by atoms with E-state index in [1.807, 2.05) is 30.3 Å². The average molecular weight is 336 g/mol. The molecule has 0 N–H and O–H groups in total. The van der Waals surface area contributed by atoms with Crippen molar-refractivity contribution in [1.82, 2.24) is 0 Å². The summed E-state index contributed by atoms with van der Waals surface area (Å²) in [4.78, 5) is 11.9. The number of ether oxygens (including phenoxy) is 2. The van der Waals surface area contributed by atoms with Crippen LogP contribution in [0, 0.1) is 5.82 Å². The molecule has 0 aliphatic heterocycles. The van der Waals surface area contributed by atoms with Crippen LogP contribution in [0.25, 0.3) is 0 Å². The van der Waals surface area contributed by atoms with Crippen molar-refractivity contribution in [2.45, 2.75) is 13.0 Å². The van der Waals surface area contributed by atoms with E-state index in [1.54, 1.807) is 36.4 Å². The van der Waals surface area contributed by atoms with Gasteiger partial charge in [0.25, 0.3) is 0 Å². The van der Waals surface area contributed by atoms with Crippen molar-refractivity contribution in [3.63, 3.8) is 0 Å². The Morgan fingerprint density at radius 2 is 1.40 bits per heavy atom. The van der Waals surface area contributed by atoms with Crippen molar-refractivity contribution in [3.8, 4) is 11.5 Å². The first kappa shape index (κ1) is 16.7. The van der Waals surface area contributed by atoms with Gasteiger partial charge in [-0.2, -0.15) is 0 Å². The predicted octanol–water partition coefficient (Wildman–Crippen LogP) is 4.55. The molecule has 0 radical (unpaired) electrons. The Morgan fingerprint density at radius 3 is 2.08 bits per heavy atom. The molecular formula is C21H17FO3. The lowest BCUT2D eigenvalue weighted by Gasteiger charge is -2.08. The Morgan fingerprint density at radius 1 is 0.760 bits per heavy atom. The predicted molar refractivity (Wildman–Crippen MR) is 93.0 cm³/mol. The zero-order valence-corrected chi connectivity index (χ0v) is 13.5. The molecule has 0 heterocycles. The van der Waals surface area contributed by atoms with Crippen molar-refractivity contribution in [3.05, 3.63) is 95.8 Å². The van der Waals surface area contributed by atoms with Gasteiger partial charge in [0.1, 0.15) is 23.9 Å². The molecule has 0 unspecified atom stereocenters. The van der Waals surface area contributed by atoms with Crippen LogP contribution in [0.1, 0.15) is 11.1 Å². The van der Waals surface area contributed by atoms with E-state index in [4.69, 9.17) is 9.47 Å². The highest BCUT2D eigenvalue weighted by molar-refractivity contribution is 5.75. The van der Waals surface area contributed by atoms with Crippen LogP contribution in [-0.4, -0.2) is 5.97 Å². The van der Waals surface area contributed by atoms with Gasteiger partial charge in [-0.15, -0.1) is 0 Å². The second kappa shape index (κ2) is 8.11. The third kappa shape index (κ3) is 5.18. The lowest BCUT2D eigenvalue weighted by Crippen LogP contribution is -2.11. The topological polar surface area (TPSA) is 35.5 Å². The molecule has 3 nitrogen and oxygen atoms in total. The summed E-state index contributed by atoms with van der Waals surface area (Å²) in [6, 6.07) is 22.5. The molecule has 3 rings (SSSR count). The van der Waals surface area contributed by atoms with E-state index in [0.717, 1.165) is 5.56 Å². The Bertz CT molecular complexity index is 812. The minimum Gasteiger partial charge on any atom is -0.489 e. The number of carbonyl (C=O) groups excluding carboxylic acids is 1. The highest BCUT2D eigenvalue weighted by Crippen LogP contribution is 2.19. The van der Waals surface area contributed by atoms with Gasteiger partial charge >= 0.3 is 5.97 Å². The summed E-state index contributed by atoms with van der Waals surface area (Å²) < 4.78 is 23.8. The molecule has 4 heteroatoms. The van der Waals surface area contributed by atoms with E-state index in [-0.39, 0.29) is 12.2 Å². The van der Waals surface area contributed by atoms with E-state index in [0.29, 0.717) is 23.7 Å². The molecule has 0 aromatic heterocycles. The normalized spacial score (nSPS) is 10.3. The van der Waals surface area contributed by atoms with Crippen LogP contribution >= 0.6 is 0 Å². The van der Waals surface area contributed by atoms with Crippen LogP contribution in [-0.2, 0) is 17.8 Å². The van der Waals surface area contributed by atoms with E-state index >= 15 is 0 Å². The van der Waals surface area contributed by atoms with Crippen LogP contribution in [0.2, 0.25) is 0 Å². The maximum absolute atomic E-state index is 12.9. The summed E-state index contributed by atoms with van der Waals surface area (Å²) in [5, 5.41) is 0. The molecular weight excluding hydrogens is 319 g/mol.